The molecule has 0 saturated carbocycles. The summed E-state index contributed by atoms with van der Waals surface area (Å²) in [5, 5.41) is 0. The molecule has 1 saturated heterocycles. The lowest BCUT2D eigenvalue weighted by Crippen LogP contribution is -2.47. The molecule has 0 bridgehead atoms. The van der Waals surface area contributed by atoms with Crippen LogP contribution in [-0.4, -0.2) is 41.1 Å². The van der Waals surface area contributed by atoms with Crippen molar-refractivity contribution >= 4 is 35.0 Å². The number of piperazine rings is 1. The number of hydrogen-bond donors (Lipinski definition) is 1. The summed E-state index contributed by atoms with van der Waals surface area (Å²) in [6.07, 6.45) is 0.604. The lowest BCUT2D eigenvalue weighted by molar-refractivity contribution is -0.137. The van der Waals surface area contributed by atoms with Crippen LogP contribution in [0.3, 0.4) is 0 Å². The summed E-state index contributed by atoms with van der Waals surface area (Å²) in [7, 11) is 0. The second-order valence-electron chi connectivity index (χ2n) is 8.36. The highest BCUT2D eigenvalue weighted by molar-refractivity contribution is 5.90. The molecule has 2 aromatic carbocycles. The molecule has 5 nitrogen and oxygen atoms in total. The third kappa shape index (κ3) is 4.84. The van der Waals surface area contributed by atoms with E-state index in [1.807, 2.05) is 40.1 Å². The molecule has 9 heteroatoms. The van der Waals surface area contributed by atoms with E-state index in [4.69, 9.17) is 0 Å². The maximum absolute atomic E-state index is 13.6. The molecule has 2 aromatic heterocycles. The number of aromatic amines is 1. The van der Waals surface area contributed by atoms with E-state index in [0.717, 1.165) is 17.7 Å². The minimum Gasteiger partial charge on any atom is -0.353 e. The Balaban J connectivity index is 1.43. The van der Waals surface area contributed by atoms with Crippen molar-refractivity contribution in [2.24, 2.45) is 0 Å². The molecule has 0 spiro atoms. The first-order valence-corrected chi connectivity index (χ1v) is 11.3. The lowest BCUT2D eigenvalue weighted by Gasteiger charge is -2.35. The Morgan fingerprint density at radius 3 is 2.37 bits per heavy atom. The van der Waals surface area contributed by atoms with Gasteiger partial charge in [-0.15, -0.1) is 0 Å². The minimum absolute atomic E-state index is 0.328. The number of rotatable bonds is 5. The van der Waals surface area contributed by atoms with Gasteiger partial charge in [-0.05, 0) is 23.8 Å². The van der Waals surface area contributed by atoms with Crippen molar-refractivity contribution in [1.82, 2.24) is 15.0 Å². The Bertz CT molecular complexity index is 1340. The predicted molar refractivity (Wildman–Crippen MR) is 130 cm³/mol. The summed E-state index contributed by atoms with van der Waals surface area (Å²) >= 11 is 0. The van der Waals surface area contributed by atoms with Gasteiger partial charge in [0.15, 0.2) is 0 Å². The van der Waals surface area contributed by atoms with Gasteiger partial charge >= 0.3 is 6.18 Å². The Morgan fingerprint density at radius 1 is 0.914 bits per heavy atom. The summed E-state index contributed by atoms with van der Waals surface area (Å²) in [4.78, 5) is 16.1. The average Bonchev–Trinajstić information content (AvgIpc) is 3.32. The van der Waals surface area contributed by atoms with Crippen molar-refractivity contribution in [2.45, 2.75) is 12.9 Å². The molecule has 180 valence electrons. The van der Waals surface area contributed by atoms with Crippen LogP contribution in [0.2, 0.25) is 0 Å². The van der Waals surface area contributed by atoms with Crippen LogP contribution in [0.1, 0.15) is 22.3 Å². The molecule has 0 aliphatic carbocycles. The molecular formula is C26H23F4N5. The van der Waals surface area contributed by atoms with Crippen LogP contribution in [0.25, 0.3) is 23.2 Å². The highest BCUT2D eigenvalue weighted by atomic mass is 19.4. The van der Waals surface area contributed by atoms with Crippen LogP contribution in [0.15, 0.2) is 60.8 Å². The van der Waals surface area contributed by atoms with E-state index in [0.29, 0.717) is 60.1 Å². The van der Waals surface area contributed by atoms with E-state index in [9.17, 15) is 17.6 Å². The van der Waals surface area contributed by atoms with Gasteiger partial charge in [-0.25, -0.2) is 14.4 Å². The fraction of sp³-hybridized carbons (Fsp3) is 0.231. The number of halogens is 4. The van der Waals surface area contributed by atoms with Crippen molar-refractivity contribution in [3.8, 4) is 0 Å². The topological polar surface area (TPSA) is 48.1 Å². The molecule has 3 heterocycles. The number of fused-ring (bicyclic) bond motifs is 1. The second-order valence-corrected chi connectivity index (χ2v) is 8.36. The van der Waals surface area contributed by atoms with Gasteiger partial charge in [0.2, 0.25) is 5.95 Å². The zero-order valence-corrected chi connectivity index (χ0v) is 18.8. The monoisotopic (exact) mass is 481 g/mol. The van der Waals surface area contributed by atoms with Gasteiger partial charge in [-0.3, -0.25) is 0 Å². The first-order valence-electron chi connectivity index (χ1n) is 11.3. The summed E-state index contributed by atoms with van der Waals surface area (Å²) in [5.41, 5.74) is 1.89. The summed E-state index contributed by atoms with van der Waals surface area (Å²) in [6.45, 7) is 1.74. The predicted octanol–water partition coefficient (Wildman–Crippen LogP) is 5.94. The maximum Gasteiger partial charge on any atom is 0.416 e. The van der Waals surface area contributed by atoms with Crippen LogP contribution in [-0.2, 0) is 12.9 Å². The van der Waals surface area contributed by atoms with E-state index in [1.165, 1.54) is 0 Å². The molecule has 1 fully saturated rings. The summed E-state index contributed by atoms with van der Waals surface area (Å²) < 4.78 is 54.1. The molecule has 1 aliphatic rings. The third-order valence-corrected chi connectivity index (χ3v) is 6.08. The van der Waals surface area contributed by atoms with Crippen molar-refractivity contribution in [3.05, 3.63) is 83.0 Å². The number of imidazole rings is 1. The number of alkyl halides is 4. The van der Waals surface area contributed by atoms with E-state index < -0.39 is 18.4 Å². The summed E-state index contributed by atoms with van der Waals surface area (Å²) in [5.74, 6) is 1.14. The number of nitrogens with one attached hydrogen (secondary N) is 1. The van der Waals surface area contributed by atoms with E-state index in [1.54, 1.807) is 30.5 Å². The molecule has 0 amide bonds. The second kappa shape index (κ2) is 9.40. The van der Waals surface area contributed by atoms with Crippen molar-refractivity contribution in [1.29, 1.82) is 0 Å². The third-order valence-electron chi connectivity index (χ3n) is 6.08. The summed E-state index contributed by atoms with van der Waals surface area (Å²) in [6, 6.07) is 15.0. The minimum atomic E-state index is -4.47. The maximum atomic E-state index is 13.6. The Kier molecular flexibility index (Phi) is 6.15. The number of anilines is 2. The normalized spacial score (nSPS) is 14.9. The van der Waals surface area contributed by atoms with Crippen LogP contribution in [0.5, 0.6) is 0 Å². The highest BCUT2D eigenvalue weighted by Crippen LogP contribution is 2.34. The fourth-order valence-electron chi connectivity index (χ4n) is 4.27. The van der Waals surface area contributed by atoms with Gasteiger partial charge in [0.05, 0.1) is 16.6 Å². The average molecular weight is 481 g/mol. The molecule has 0 atom stereocenters. The molecule has 1 aliphatic heterocycles. The van der Waals surface area contributed by atoms with Crippen LogP contribution >= 0.6 is 0 Å². The Hall–Kier alpha value is -3.88. The van der Waals surface area contributed by atoms with E-state index in [-0.39, 0.29) is 0 Å². The van der Waals surface area contributed by atoms with Crippen molar-refractivity contribution in [2.75, 3.05) is 36.0 Å². The quantitative estimate of drug-likeness (QED) is 0.283. The van der Waals surface area contributed by atoms with Gasteiger partial charge in [0, 0.05) is 43.5 Å². The Labute approximate surface area is 199 Å². The first kappa shape index (κ1) is 22.9. The van der Waals surface area contributed by atoms with Crippen LogP contribution in [0, 0.1) is 0 Å². The zero-order chi connectivity index (χ0) is 24.4. The molecule has 1 N–H and O–H groups in total. The van der Waals surface area contributed by atoms with Crippen molar-refractivity contribution < 1.29 is 17.6 Å². The highest BCUT2D eigenvalue weighted by Gasteiger charge is 2.32. The molecule has 4 aromatic rings. The molecule has 0 radical (unpaired) electrons. The van der Waals surface area contributed by atoms with Crippen LogP contribution in [0.4, 0.5) is 29.3 Å². The number of nitrogens with zero attached hydrogens (tertiary/aromatic N) is 4. The van der Waals surface area contributed by atoms with Crippen LogP contribution < -0.4 is 9.80 Å². The van der Waals surface area contributed by atoms with E-state index >= 15 is 0 Å². The standard InChI is InChI=1S/C26H23F4N5/c27-17-20-7-4-10-31-24(20)34-11-13-35(14-12-34)25-32-22-16-21(26(28,29)30)15-19(23(22)33-25)9-8-18-5-2-1-3-6-18/h1-10,15-16H,11-14,17H2,(H,32,33)/b9-8+. The largest absolute Gasteiger partial charge is 0.416 e. The SMILES string of the molecule is FCc1cccnc1N1CCN(c2nc3c(/C=C/c4ccccc4)cc(C(F)(F)F)cc3[nH]2)CC1. The number of aromatic nitrogens is 3. The molecule has 0 unspecified atom stereocenters. The van der Waals surface area contributed by atoms with Gasteiger partial charge in [0.25, 0.3) is 0 Å². The number of benzene rings is 2. The smallest absolute Gasteiger partial charge is 0.353 e. The van der Waals surface area contributed by atoms with Gasteiger partial charge in [-0.1, -0.05) is 48.6 Å². The molecular weight excluding hydrogens is 458 g/mol. The van der Waals surface area contributed by atoms with Gasteiger partial charge in [-0.2, -0.15) is 13.2 Å². The molecule has 35 heavy (non-hydrogen) atoms. The van der Waals surface area contributed by atoms with Gasteiger partial charge in [0.1, 0.15) is 12.5 Å². The lowest BCUT2D eigenvalue weighted by atomic mass is 10.1. The Morgan fingerprint density at radius 2 is 1.66 bits per heavy atom. The van der Waals surface area contributed by atoms with Crippen molar-refractivity contribution in [3.63, 3.8) is 0 Å². The van der Waals surface area contributed by atoms with Gasteiger partial charge < -0.3 is 14.8 Å². The zero-order valence-electron chi connectivity index (χ0n) is 18.8. The fourth-order valence-corrected chi connectivity index (χ4v) is 4.27. The number of pyridine rings is 1. The van der Waals surface area contributed by atoms with E-state index in [2.05, 4.69) is 15.0 Å². The number of hydrogen-bond acceptors (Lipinski definition) is 4. The number of H-pyrrole nitrogens is 1. The first-order chi connectivity index (χ1) is 16.9. The molecule has 5 rings (SSSR count).